The predicted octanol–water partition coefficient (Wildman–Crippen LogP) is 1.38. The number of benzene rings is 1. The monoisotopic (exact) mass is 271 g/mol. The van der Waals surface area contributed by atoms with E-state index < -0.39 is 15.8 Å². The minimum Gasteiger partial charge on any atom is -0.469 e. The first kappa shape index (κ1) is 14.5. The van der Waals surface area contributed by atoms with Gasteiger partial charge in [0.25, 0.3) is 0 Å². The molecule has 0 saturated carbocycles. The summed E-state index contributed by atoms with van der Waals surface area (Å²) in [5.41, 5.74) is 1.34. The van der Waals surface area contributed by atoms with E-state index in [9.17, 15) is 13.2 Å². The van der Waals surface area contributed by atoms with Gasteiger partial charge in [-0.15, -0.1) is 0 Å². The van der Waals surface area contributed by atoms with Crippen molar-refractivity contribution in [2.45, 2.75) is 12.8 Å². The summed E-state index contributed by atoms with van der Waals surface area (Å²) in [5.74, 6) is -0.973. The second-order valence-electron chi connectivity index (χ2n) is 4.08. The maximum absolute atomic E-state index is 11.5. The molecule has 0 amide bonds. The fourth-order valence-electron chi connectivity index (χ4n) is 1.55. The number of carbonyl (C=O) groups excluding carboxylic acids is 1. The zero-order valence-electron chi connectivity index (χ0n) is 10.6. The molecule has 0 bridgehead atoms. The zero-order valence-corrected chi connectivity index (χ0v) is 11.5. The molecule has 0 fully saturated rings. The van der Waals surface area contributed by atoms with Crippen LogP contribution in [0.4, 0.5) is 5.69 Å². The molecule has 0 saturated heterocycles. The van der Waals surface area contributed by atoms with E-state index in [2.05, 4.69) is 10.1 Å². The Morgan fingerprint density at radius 3 is 2.56 bits per heavy atom. The van der Waals surface area contributed by atoms with Gasteiger partial charge in [-0.05, 0) is 18.6 Å². The van der Waals surface area contributed by atoms with Crippen LogP contribution in [0.15, 0.2) is 24.3 Å². The third kappa shape index (κ3) is 4.03. The van der Waals surface area contributed by atoms with E-state index in [0.717, 1.165) is 6.26 Å². The fraction of sp³-hybridized carbons (Fsp3) is 0.417. The van der Waals surface area contributed by atoms with Gasteiger partial charge in [-0.25, -0.2) is 8.42 Å². The summed E-state index contributed by atoms with van der Waals surface area (Å²) >= 11 is 0. The van der Waals surface area contributed by atoms with E-state index in [1.165, 1.54) is 7.11 Å². The maximum atomic E-state index is 11.5. The van der Waals surface area contributed by atoms with Crippen molar-refractivity contribution in [2.75, 3.05) is 24.6 Å². The summed E-state index contributed by atoms with van der Waals surface area (Å²) in [6.07, 6.45) is 1.15. The summed E-state index contributed by atoms with van der Waals surface area (Å²) in [4.78, 5) is 11.5. The van der Waals surface area contributed by atoms with Crippen molar-refractivity contribution < 1.29 is 17.9 Å². The Kier molecular flexibility index (Phi) is 4.72. The molecule has 0 aliphatic carbocycles. The van der Waals surface area contributed by atoms with E-state index >= 15 is 0 Å². The highest BCUT2D eigenvalue weighted by Gasteiger charge is 2.18. The van der Waals surface area contributed by atoms with Crippen LogP contribution in [0, 0.1) is 0 Å². The van der Waals surface area contributed by atoms with Crippen LogP contribution in [0.25, 0.3) is 0 Å². The van der Waals surface area contributed by atoms with Crippen molar-refractivity contribution in [3.8, 4) is 0 Å². The number of hydrogen-bond acceptors (Lipinski definition) is 5. The molecule has 0 radical (unpaired) electrons. The first-order chi connectivity index (χ1) is 8.35. The molecule has 100 valence electrons. The van der Waals surface area contributed by atoms with E-state index in [0.29, 0.717) is 11.3 Å². The first-order valence-electron chi connectivity index (χ1n) is 5.43. The molecule has 0 spiro atoms. The lowest BCUT2D eigenvalue weighted by atomic mass is 9.99. The number of carbonyl (C=O) groups is 1. The molecular formula is C12H17NO4S. The molecule has 1 aromatic carbocycles. The minimum atomic E-state index is -3.12. The van der Waals surface area contributed by atoms with E-state index in [-0.39, 0.29) is 11.8 Å². The third-order valence-corrected chi connectivity index (χ3v) is 3.18. The lowest BCUT2D eigenvalue weighted by molar-refractivity contribution is -0.141. The topological polar surface area (TPSA) is 72.5 Å². The number of methoxy groups -OCH3 is 1. The van der Waals surface area contributed by atoms with E-state index in [1.807, 2.05) is 0 Å². The van der Waals surface area contributed by atoms with Gasteiger partial charge in [0.1, 0.15) is 5.88 Å². The lowest BCUT2D eigenvalue weighted by Gasteiger charge is -2.15. The zero-order chi connectivity index (χ0) is 13.8. The molecule has 1 N–H and O–H groups in total. The highest BCUT2D eigenvalue weighted by atomic mass is 32.2. The number of para-hydroxylation sites is 1. The Balaban J connectivity index is 2.96. The summed E-state index contributed by atoms with van der Waals surface area (Å²) in [6, 6.07) is 7.07. The van der Waals surface area contributed by atoms with Crippen molar-refractivity contribution in [2.24, 2.45) is 0 Å². The Morgan fingerprint density at radius 2 is 2.00 bits per heavy atom. The van der Waals surface area contributed by atoms with Crippen LogP contribution in [-0.2, 0) is 19.4 Å². The predicted molar refractivity (Wildman–Crippen MR) is 70.2 cm³/mol. The van der Waals surface area contributed by atoms with Gasteiger partial charge in [0, 0.05) is 11.9 Å². The third-order valence-electron chi connectivity index (χ3n) is 2.51. The molecule has 1 unspecified atom stereocenters. The van der Waals surface area contributed by atoms with Crippen LogP contribution in [0.3, 0.4) is 0 Å². The van der Waals surface area contributed by atoms with Crippen LogP contribution in [-0.4, -0.2) is 33.6 Å². The van der Waals surface area contributed by atoms with Gasteiger partial charge in [0.05, 0.1) is 13.0 Å². The van der Waals surface area contributed by atoms with Crippen LogP contribution < -0.4 is 5.32 Å². The molecule has 6 heteroatoms. The van der Waals surface area contributed by atoms with Crippen molar-refractivity contribution in [1.82, 2.24) is 0 Å². The summed E-state index contributed by atoms with van der Waals surface area (Å²) in [5, 5.41) is 2.82. The highest BCUT2D eigenvalue weighted by molar-refractivity contribution is 7.90. The first-order valence-corrected chi connectivity index (χ1v) is 7.49. The summed E-state index contributed by atoms with van der Waals surface area (Å²) in [6.45, 7) is 1.72. The van der Waals surface area contributed by atoms with Crippen molar-refractivity contribution in [3.63, 3.8) is 0 Å². The highest BCUT2D eigenvalue weighted by Crippen LogP contribution is 2.25. The quantitative estimate of drug-likeness (QED) is 0.819. The van der Waals surface area contributed by atoms with Gasteiger partial charge < -0.3 is 10.1 Å². The van der Waals surface area contributed by atoms with Crippen molar-refractivity contribution in [3.05, 3.63) is 29.8 Å². The normalized spacial score (nSPS) is 12.8. The van der Waals surface area contributed by atoms with Crippen molar-refractivity contribution >= 4 is 21.5 Å². The Bertz CT molecular complexity index is 525. The van der Waals surface area contributed by atoms with Gasteiger partial charge in [-0.2, -0.15) is 0 Å². The molecule has 1 aromatic rings. The number of ether oxygens (including phenoxy) is 1. The number of nitrogens with one attached hydrogen (secondary N) is 1. The van der Waals surface area contributed by atoms with Crippen LogP contribution in [0.1, 0.15) is 18.4 Å². The largest absolute Gasteiger partial charge is 0.469 e. The summed E-state index contributed by atoms with van der Waals surface area (Å²) < 4.78 is 26.9. The van der Waals surface area contributed by atoms with E-state index in [1.54, 1.807) is 31.2 Å². The summed E-state index contributed by atoms with van der Waals surface area (Å²) in [7, 11) is -1.79. The standard InChI is InChI=1S/C12H17NO4S/c1-9(12(14)17-2)10-6-4-5-7-11(10)13-8-18(3,15)16/h4-7,9,13H,8H2,1-3H3. The van der Waals surface area contributed by atoms with E-state index in [4.69, 9.17) is 0 Å². The lowest BCUT2D eigenvalue weighted by Crippen LogP contribution is -2.16. The molecule has 0 aliphatic heterocycles. The molecule has 18 heavy (non-hydrogen) atoms. The van der Waals surface area contributed by atoms with Gasteiger partial charge in [-0.1, -0.05) is 18.2 Å². The second-order valence-corrected chi connectivity index (χ2v) is 6.22. The Labute approximate surface area is 107 Å². The fourth-order valence-corrected chi connectivity index (χ4v) is 1.97. The Morgan fingerprint density at radius 1 is 1.39 bits per heavy atom. The number of anilines is 1. The smallest absolute Gasteiger partial charge is 0.312 e. The Hall–Kier alpha value is -1.56. The molecule has 5 nitrogen and oxygen atoms in total. The molecule has 0 heterocycles. The molecule has 1 rings (SSSR count). The van der Waals surface area contributed by atoms with Gasteiger partial charge in [0.15, 0.2) is 9.84 Å². The number of sulfone groups is 1. The molecule has 1 atom stereocenters. The number of esters is 1. The molecule has 0 aliphatic rings. The average Bonchev–Trinajstić information content (AvgIpc) is 2.34. The molecular weight excluding hydrogens is 254 g/mol. The maximum Gasteiger partial charge on any atom is 0.312 e. The van der Waals surface area contributed by atoms with Crippen LogP contribution in [0.5, 0.6) is 0 Å². The molecule has 0 aromatic heterocycles. The number of hydrogen-bond donors (Lipinski definition) is 1. The second kappa shape index (κ2) is 5.86. The van der Waals surface area contributed by atoms with Gasteiger partial charge >= 0.3 is 5.97 Å². The van der Waals surface area contributed by atoms with Gasteiger partial charge in [-0.3, -0.25) is 4.79 Å². The van der Waals surface area contributed by atoms with Gasteiger partial charge in [0.2, 0.25) is 0 Å². The minimum absolute atomic E-state index is 0.169. The number of rotatable bonds is 5. The average molecular weight is 271 g/mol. The van der Waals surface area contributed by atoms with Crippen molar-refractivity contribution in [1.29, 1.82) is 0 Å². The van der Waals surface area contributed by atoms with Crippen LogP contribution >= 0.6 is 0 Å². The SMILES string of the molecule is COC(=O)C(C)c1ccccc1NCS(C)(=O)=O. The van der Waals surface area contributed by atoms with Crippen LogP contribution in [0.2, 0.25) is 0 Å².